The minimum atomic E-state index is 0.296. The number of rotatable bonds is 9. The highest BCUT2D eigenvalue weighted by Crippen LogP contribution is 2.22. The van der Waals surface area contributed by atoms with Gasteiger partial charge in [0.2, 0.25) is 0 Å². The molecule has 2 unspecified atom stereocenters. The highest BCUT2D eigenvalue weighted by Gasteiger charge is 2.22. The Bertz CT molecular complexity index is 834. The molecular weight excluding hydrogens is 402 g/mol. The van der Waals surface area contributed by atoms with Gasteiger partial charge in [0.05, 0.1) is 24.4 Å². The van der Waals surface area contributed by atoms with E-state index in [1.54, 1.807) is 7.05 Å². The molecule has 1 aliphatic heterocycles. The summed E-state index contributed by atoms with van der Waals surface area (Å²) in [5.74, 6) is 2.03. The molecule has 1 aliphatic rings. The summed E-state index contributed by atoms with van der Waals surface area (Å²) in [6.45, 7) is 12.9. The molecule has 2 N–H and O–H groups in total. The lowest BCUT2D eigenvalue weighted by atomic mass is 9.99. The Balaban J connectivity index is 1.44. The maximum absolute atomic E-state index is 5.83. The Kier molecular flexibility index (Phi) is 9.11. The fourth-order valence-electron chi connectivity index (χ4n) is 4.32. The summed E-state index contributed by atoms with van der Waals surface area (Å²) in [4.78, 5) is 6.78. The number of ether oxygens (including phenoxy) is 1. The van der Waals surface area contributed by atoms with E-state index in [9.17, 15) is 0 Å². The van der Waals surface area contributed by atoms with Gasteiger partial charge in [0.1, 0.15) is 0 Å². The number of benzene rings is 1. The molecule has 1 saturated heterocycles. The summed E-state index contributed by atoms with van der Waals surface area (Å²) in [5.41, 5.74) is 3.59. The van der Waals surface area contributed by atoms with Crippen LogP contribution < -0.4 is 10.6 Å². The van der Waals surface area contributed by atoms with Crippen LogP contribution in [0.4, 0.5) is 0 Å². The number of aliphatic imine (C=N–C) groups is 1. The van der Waals surface area contributed by atoms with Crippen LogP contribution in [0.25, 0.3) is 0 Å². The predicted octanol–water partition coefficient (Wildman–Crippen LogP) is 4.05. The number of morpholine rings is 1. The van der Waals surface area contributed by atoms with Gasteiger partial charge >= 0.3 is 0 Å². The molecule has 3 rings (SSSR count). The van der Waals surface area contributed by atoms with E-state index in [0.29, 0.717) is 31.2 Å². The third-order valence-corrected chi connectivity index (χ3v) is 6.02. The lowest BCUT2D eigenvalue weighted by Crippen LogP contribution is -2.44. The molecule has 0 aliphatic carbocycles. The number of hydrogen-bond donors (Lipinski definition) is 2. The maximum atomic E-state index is 5.83. The van der Waals surface area contributed by atoms with Gasteiger partial charge in [-0.05, 0) is 37.8 Å². The molecule has 1 aromatic carbocycles. The lowest BCUT2D eigenvalue weighted by Gasteiger charge is -2.35. The highest BCUT2D eigenvalue weighted by molar-refractivity contribution is 5.79. The SMILES string of the molecule is CCC(CC)c1cc(CNC(=NC)NCc2ccc(CN3CC(C)OC(C)C3)cc2)on1. The van der Waals surface area contributed by atoms with Gasteiger partial charge in [0, 0.05) is 45.2 Å². The van der Waals surface area contributed by atoms with E-state index in [2.05, 4.69) is 77.6 Å². The molecule has 1 aromatic heterocycles. The van der Waals surface area contributed by atoms with E-state index >= 15 is 0 Å². The molecule has 0 saturated carbocycles. The van der Waals surface area contributed by atoms with E-state index in [4.69, 9.17) is 9.26 Å². The van der Waals surface area contributed by atoms with Crippen LogP contribution in [0.3, 0.4) is 0 Å². The molecule has 0 radical (unpaired) electrons. The van der Waals surface area contributed by atoms with Gasteiger partial charge in [0.15, 0.2) is 11.7 Å². The number of nitrogens with zero attached hydrogens (tertiary/aromatic N) is 3. The van der Waals surface area contributed by atoms with Crippen molar-refractivity contribution < 1.29 is 9.26 Å². The Morgan fingerprint density at radius 3 is 2.31 bits per heavy atom. The molecule has 0 bridgehead atoms. The molecular formula is C25H39N5O2. The zero-order valence-electron chi connectivity index (χ0n) is 20.2. The Hall–Kier alpha value is -2.38. The minimum absolute atomic E-state index is 0.296. The van der Waals surface area contributed by atoms with Gasteiger partial charge in [-0.2, -0.15) is 0 Å². The first kappa shape index (κ1) is 24.3. The van der Waals surface area contributed by atoms with Crippen molar-refractivity contribution >= 4 is 5.96 Å². The van der Waals surface area contributed by atoms with Gasteiger partial charge in [0.25, 0.3) is 0 Å². The van der Waals surface area contributed by atoms with Crippen molar-refractivity contribution in [2.45, 2.75) is 78.3 Å². The Morgan fingerprint density at radius 1 is 1.06 bits per heavy atom. The van der Waals surface area contributed by atoms with E-state index in [1.165, 1.54) is 11.1 Å². The molecule has 7 heteroatoms. The number of hydrogen-bond acceptors (Lipinski definition) is 5. The van der Waals surface area contributed by atoms with Crippen molar-refractivity contribution in [2.75, 3.05) is 20.1 Å². The van der Waals surface area contributed by atoms with Crippen molar-refractivity contribution in [3.8, 4) is 0 Å². The van der Waals surface area contributed by atoms with Crippen molar-refractivity contribution in [1.29, 1.82) is 0 Å². The summed E-state index contributed by atoms with van der Waals surface area (Å²) in [6.07, 6.45) is 2.74. The van der Waals surface area contributed by atoms with Gasteiger partial charge in [-0.15, -0.1) is 0 Å². The zero-order chi connectivity index (χ0) is 22.9. The van der Waals surface area contributed by atoms with Crippen LogP contribution in [0.15, 0.2) is 39.8 Å². The molecule has 32 heavy (non-hydrogen) atoms. The molecule has 1 fully saturated rings. The summed E-state index contributed by atoms with van der Waals surface area (Å²) in [5, 5.41) is 10.9. The van der Waals surface area contributed by atoms with Crippen LogP contribution in [-0.4, -0.2) is 48.4 Å². The zero-order valence-corrected chi connectivity index (χ0v) is 20.2. The van der Waals surface area contributed by atoms with E-state index < -0.39 is 0 Å². The molecule has 7 nitrogen and oxygen atoms in total. The number of guanidine groups is 1. The Labute approximate surface area is 192 Å². The van der Waals surface area contributed by atoms with E-state index in [-0.39, 0.29) is 0 Å². The first-order chi connectivity index (χ1) is 15.5. The van der Waals surface area contributed by atoms with Crippen LogP contribution in [0.5, 0.6) is 0 Å². The van der Waals surface area contributed by atoms with Crippen LogP contribution >= 0.6 is 0 Å². The third kappa shape index (κ3) is 7.07. The van der Waals surface area contributed by atoms with Gasteiger partial charge in [-0.1, -0.05) is 43.3 Å². The second-order valence-corrected chi connectivity index (χ2v) is 8.78. The molecule has 176 valence electrons. The van der Waals surface area contributed by atoms with Crippen molar-refractivity contribution in [2.24, 2.45) is 4.99 Å². The Morgan fingerprint density at radius 2 is 1.69 bits per heavy atom. The topological polar surface area (TPSA) is 74.9 Å². The second-order valence-electron chi connectivity index (χ2n) is 8.78. The summed E-state index contributed by atoms with van der Waals surface area (Å²) >= 11 is 0. The van der Waals surface area contributed by atoms with Crippen molar-refractivity contribution in [3.63, 3.8) is 0 Å². The van der Waals surface area contributed by atoms with Gasteiger partial charge in [-0.25, -0.2) is 0 Å². The summed E-state index contributed by atoms with van der Waals surface area (Å²) in [6, 6.07) is 10.8. The number of aromatic nitrogens is 1. The van der Waals surface area contributed by atoms with Crippen molar-refractivity contribution in [3.05, 3.63) is 52.9 Å². The average Bonchev–Trinajstić information content (AvgIpc) is 3.24. The smallest absolute Gasteiger partial charge is 0.191 e. The lowest BCUT2D eigenvalue weighted by molar-refractivity contribution is -0.0704. The monoisotopic (exact) mass is 441 g/mol. The quantitative estimate of drug-likeness (QED) is 0.452. The molecule has 2 aromatic rings. The molecule has 2 atom stereocenters. The largest absolute Gasteiger partial charge is 0.373 e. The minimum Gasteiger partial charge on any atom is -0.373 e. The third-order valence-electron chi connectivity index (χ3n) is 6.02. The summed E-state index contributed by atoms with van der Waals surface area (Å²) < 4.78 is 11.3. The van der Waals surface area contributed by atoms with Gasteiger partial charge < -0.3 is 19.9 Å². The first-order valence-corrected chi connectivity index (χ1v) is 11.9. The van der Waals surface area contributed by atoms with Gasteiger partial charge in [-0.3, -0.25) is 9.89 Å². The number of nitrogens with one attached hydrogen (secondary N) is 2. The van der Waals surface area contributed by atoms with Crippen LogP contribution in [0.2, 0.25) is 0 Å². The molecule has 0 amide bonds. The van der Waals surface area contributed by atoms with E-state index in [1.807, 2.05) is 6.07 Å². The average molecular weight is 442 g/mol. The summed E-state index contributed by atoms with van der Waals surface area (Å²) in [7, 11) is 1.78. The van der Waals surface area contributed by atoms with Crippen LogP contribution in [-0.2, 0) is 24.4 Å². The first-order valence-electron chi connectivity index (χ1n) is 11.9. The van der Waals surface area contributed by atoms with Crippen LogP contribution in [0.1, 0.15) is 69.0 Å². The maximum Gasteiger partial charge on any atom is 0.191 e. The standard InChI is InChI=1S/C25H39N5O2/c1-6-22(7-2)24-12-23(32-29-24)14-28-25(26-5)27-13-20-8-10-21(11-9-20)17-30-15-18(3)31-19(4)16-30/h8-12,18-19,22H,6-7,13-17H2,1-5H3,(H2,26,27,28). The second kappa shape index (κ2) is 12.0. The molecule has 2 heterocycles. The predicted molar refractivity (Wildman–Crippen MR) is 129 cm³/mol. The fourth-order valence-corrected chi connectivity index (χ4v) is 4.32. The highest BCUT2D eigenvalue weighted by atomic mass is 16.5. The van der Waals surface area contributed by atoms with E-state index in [0.717, 1.165) is 49.9 Å². The fraction of sp³-hybridized carbons (Fsp3) is 0.600. The normalized spacial score (nSPS) is 20.0. The molecule has 0 spiro atoms. The van der Waals surface area contributed by atoms with Crippen LogP contribution in [0, 0.1) is 0 Å². The van der Waals surface area contributed by atoms with Crippen molar-refractivity contribution in [1.82, 2.24) is 20.7 Å².